The highest BCUT2D eigenvalue weighted by molar-refractivity contribution is 5.92. The Balaban J connectivity index is 1.67. The second-order valence-electron chi connectivity index (χ2n) is 6.53. The summed E-state index contributed by atoms with van der Waals surface area (Å²) >= 11 is 0. The molecule has 0 spiro atoms. The molecule has 0 aromatic carbocycles. The van der Waals surface area contributed by atoms with Gasteiger partial charge in [-0.3, -0.25) is 9.69 Å². The van der Waals surface area contributed by atoms with E-state index in [0.717, 1.165) is 25.6 Å². The predicted octanol–water partition coefficient (Wildman–Crippen LogP) is 3.19. The third-order valence-corrected chi connectivity index (χ3v) is 4.92. The Morgan fingerprint density at radius 1 is 1.04 bits per heavy atom. The zero-order valence-electron chi connectivity index (χ0n) is 13.6. The Morgan fingerprint density at radius 3 is 2.50 bits per heavy atom. The van der Waals surface area contributed by atoms with Crippen LogP contribution in [0.4, 0.5) is 13.2 Å². The van der Waals surface area contributed by atoms with Crippen LogP contribution in [0, 0.1) is 0 Å². The van der Waals surface area contributed by atoms with Gasteiger partial charge in [-0.15, -0.1) is 0 Å². The summed E-state index contributed by atoms with van der Waals surface area (Å²) in [7, 11) is 0. The van der Waals surface area contributed by atoms with Crippen molar-refractivity contribution in [3.05, 3.63) is 29.6 Å². The average molecular weight is 341 g/mol. The molecular formula is C17H22F3N3O. The van der Waals surface area contributed by atoms with Crippen molar-refractivity contribution in [1.82, 2.24) is 14.8 Å². The fraction of sp³-hybridized carbons (Fsp3) is 0.647. The van der Waals surface area contributed by atoms with E-state index in [1.54, 1.807) is 4.90 Å². The number of aromatic nitrogens is 1. The Morgan fingerprint density at radius 2 is 1.79 bits per heavy atom. The summed E-state index contributed by atoms with van der Waals surface area (Å²) in [5.41, 5.74) is -1.14. The molecule has 2 fully saturated rings. The van der Waals surface area contributed by atoms with Gasteiger partial charge in [-0.25, -0.2) is 4.98 Å². The fourth-order valence-corrected chi connectivity index (χ4v) is 3.65. The van der Waals surface area contributed by atoms with Gasteiger partial charge in [-0.1, -0.05) is 18.9 Å². The van der Waals surface area contributed by atoms with Crippen LogP contribution in [0.15, 0.2) is 18.2 Å². The van der Waals surface area contributed by atoms with E-state index >= 15 is 0 Å². The maximum Gasteiger partial charge on any atom is 0.433 e. The van der Waals surface area contributed by atoms with Gasteiger partial charge in [0, 0.05) is 32.2 Å². The molecule has 0 bridgehead atoms. The van der Waals surface area contributed by atoms with Crippen molar-refractivity contribution in [1.29, 1.82) is 0 Å². The SMILES string of the molecule is O=C(c1cccc(C(F)(F)F)n1)N1CCCN(C2CCCC2)CC1. The highest BCUT2D eigenvalue weighted by atomic mass is 19.4. The van der Waals surface area contributed by atoms with E-state index in [0.29, 0.717) is 19.1 Å². The number of carbonyl (C=O) groups is 1. The Hall–Kier alpha value is -1.63. The van der Waals surface area contributed by atoms with Crippen LogP contribution in [-0.4, -0.2) is 52.9 Å². The van der Waals surface area contributed by atoms with Gasteiger partial charge in [0.1, 0.15) is 11.4 Å². The average Bonchev–Trinajstić information content (AvgIpc) is 2.98. The van der Waals surface area contributed by atoms with E-state index in [2.05, 4.69) is 9.88 Å². The lowest BCUT2D eigenvalue weighted by Crippen LogP contribution is -2.38. The van der Waals surface area contributed by atoms with Gasteiger partial charge in [0.2, 0.25) is 0 Å². The Labute approximate surface area is 139 Å². The summed E-state index contributed by atoms with van der Waals surface area (Å²) < 4.78 is 38.3. The van der Waals surface area contributed by atoms with Gasteiger partial charge in [-0.05, 0) is 31.4 Å². The van der Waals surface area contributed by atoms with Crippen LogP contribution < -0.4 is 0 Å². The van der Waals surface area contributed by atoms with E-state index in [1.165, 1.54) is 37.8 Å². The highest BCUT2D eigenvalue weighted by Crippen LogP contribution is 2.28. The number of halogens is 3. The second-order valence-corrected chi connectivity index (χ2v) is 6.53. The molecule has 1 amide bonds. The number of nitrogens with zero attached hydrogens (tertiary/aromatic N) is 3. The smallest absolute Gasteiger partial charge is 0.336 e. The van der Waals surface area contributed by atoms with Gasteiger partial charge >= 0.3 is 6.18 Å². The number of alkyl halides is 3. The van der Waals surface area contributed by atoms with Crippen LogP contribution >= 0.6 is 0 Å². The van der Waals surface area contributed by atoms with Crippen molar-refractivity contribution in [2.24, 2.45) is 0 Å². The maximum absolute atomic E-state index is 12.8. The minimum atomic E-state index is -4.53. The first-order chi connectivity index (χ1) is 11.4. The molecule has 1 aromatic heterocycles. The number of hydrogen-bond acceptors (Lipinski definition) is 3. The van der Waals surface area contributed by atoms with Gasteiger partial charge in [-0.2, -0.15) is 13.2 Å². The van der Waals surface area contributed by atoms with E-state index in [-0.39, 0.29) is 5.69 Å². The molecule has 1 aliphatic heterocycles. The van der Waals surface area contributed by atoms with E-state index in [9.17, 15) is 18.0 Å². The van der Waals surface area contributed by atoms with Crippen molar-refractivity contribution >= 4 is 5.91 Å². The number of amides is 1. The van der Waals surface area contributed by atoms with Crippen LogP contribution in [0.2, 0.25) is 0 Å². The van der Waals surface area contributed by atoms with Crippen molar-refractivity contribution in [2.75, 3.05) is 26.2 Å². The van der Waals surface area contributed by atoms with Crippen molar-refractivity contribution < 1.29 is 18.0 Å². The summed E-state index contributed by atoms with van der Waals surface area (Å²) in [6.45, 7) is 2.85. The molecular weight excluding hydrogens is 319 g/mol. The zero-order chi connectivity index (χ0) is 17.2. The largest absolute Gasteiger partial charge is 0.433 e. The number of hydrogen-bond donors (Lipinski definition) is 0. The second kappa shape index (κ2) is 7.09. The minimum Gasteiger partial charge on any atom is -0.336 e. The monoisotopic (exact) mass is 341 g/mol. The van der Waals surface area contributed by atoms with Crippen LogP contribution in [0.1, 0.15) is 48.3 Å². The van der Waals surface area contributed by atoms with Gasteiger partial charge in [0.05, 0.1) is 0 Å². The lowest BCUT2D eigenvalue weighted by Gasteiger charge is -2.27. The summed E-state index contributed by atoms with van der Waals surface area (Å²) in [6, 6.07) is 4.09. The third kappa shape index (κ3) is 3.88. The molecule has 1 saturated heterocycles. The summed E-state index contributed by atoms with van der Waals surface area (Å²) in [5.74, 6) is -0.408. The quantitative estimate of drug-likeness (QED) is 0.829. The molecule has 2 heterocycles. The van der Waals surface area contributed by atoms with Gasteiger partial charge in [0.15, 0.2) is 0 Å². The van der Waals surface area contributed by atoms with E-state index in [1.807, 2.05) is 0 Å². The molecule has 24 heavy (non-hydrogen) atoms. The Kier molecular flexibility index (Phi) is 5.08. The highest BCUT2D eigenvalue weighted by Gasteiger charge is 2.33. The first-order valence-corrected chi connectivity index (χ1v) is 8.53. The van der Waals surface area contributed by atoms with Crippen molar-refractivity contribution in [2.45, 2.75) is 44.3 Å². The number of carbonyl (C=O) groups excluding carboxylic acids is 1. The lowest BCUT2D eigenvalue weighted by atomic mass is 10.2. The molecule has 4 nitrogen and oxygen atoms in total. The van der Waals surface area contributed by atoms with Crippen molar-refractivity contribution in [3.8, 4) is 0 Å². The topological polar surface area (TPSA) is 36.4 Å². The summed E-state index contributed by atoms with van der Waals surface area (Å²) in [5, 5.41) is 0. The van der Waals surface area contributed by atoms with Crippen LogP contribution in [0.25, 0.3) is 0 Å². The molecule has 1 aliphatic carbocycles. The molecule has 1 saturated carbocycles. The Bertz CT molecular complexity index is 585. The molecule has 0 atom stereocenters. The fourth-order valence-electron chi connectivity index (χ4n) is 3.65. The molecule has 3 rings (SSSR count). The molecule has 2 aliphatic rings. The first kappa shape index (κ1) is 17.2. The maximum atomic E-state index is 12.8. The van der Waals surface area contributed by atoms with Gasteiger partial charge < -0.3 is 4.90 Å². The third-order valence-electron chi connectivity index (χ3n) is 4.92. The first-order valence-electron chi connectivity index (χ1n) is 8.53. The standard InChI is InChI=1S/C17H22F3N3O/c18-17(19,20)15-8-3-7-14(21-15)16(24)23-10-4-9-22(11-12-23)13-5-1-2-6-13/h3,7-8,13H,1-2,4-6,9-12H2. The summed E-state index contributed by atoms with van der Waals surface area (Å²) in [4.78, 5) is 20.1. The molecule has 0 unspecified atom stereocenters. The summed E-state index contributed by atoms with van der Waals surface area (Å²) in [6.07, 6.45) is 1.26. The predicted molar refractivity (Wildman–Crippen MR) is 83.6 cm³/mol. The molecule has 1 aromatic rings. The molecule has 0 N–H and O–H groups in total. The minimum absolute atomic E-state index is 0.126. The normalized spacial score (nSPS) is 21.0. The van der Waals surface area contributed by atoms with Gasteiger partial charge in [0.25, 0.3) is 5.91 Å². The number of rotatable bonds is 2. The van der Waals surface area contributed by atoms with Crippen LogP contribution in [0.3, 0.4) is 0 Å². The lowest BCUT2D eigenvalue weighted by molar-refractivity contribution is -0.141. The zero-order valence-corrected chi connectivity index (χ0v) is 13.6. The molecule has 0 radical (unpaired) electrons. The molecule has 132 valence electrons. The van der Waals surface area contributed by atoms with E-state index in [4.69, 9.17) is 0 Å². The van der Waals surface area contributed by atoms with E-state index < -0.39 is 17.8 Å². The number of pyridine rings is 1. The van der Waals surface area contributed by atoms with Crippen molar-refractivity contribution in [3.63, 3.8) is 0 Å². The van der Waals surface area contributed by atoms with Crippen LogP contribution in [-0.2, 0) is 6.18 Å². The molecule has 7 heteroatoms. The van der Waals surface area contributed by atoms with Crippen LogP contribution in [0.5, 0.6) is 0 Å².